The van der Waals surface area contributed by atoms with Crippen molar-refractivity contribution in [3.63, 3.8) is 0 Å². The third-order valence-electron chi connectivity index (χ3n) is 4.23. The third kappa shape index (κ3) is 3.29. The van der Waals surface area contributed by atoms with Gasteiger partial charge in [-0.15, -0.1) is 0 Å². The summed E-state index contributed by atoms with van der Waals surface area (Å²) in [7, 11) is 0. The molecule has 1 heterocycles. The SMILES string of the molecule is CC=CCCCC(CC)c1cccc2[nH]c(=O)n(CC)c12. The number of aromatic nitrogens is 2. The lowest BCUT2D eigenvalue weighted by Gasteiger charge is -2.17. The van der Waals surface area contributed by atoms with Gasteiger partial charge in [0.25, 0.3) is 0 Å². The van der Waals surface area contributed by atoms with Gasteiger partial charge in [-0.25, -0.2) is 4.79 Å². The Labute approximate surface area is 126 Å². The van der Waals surface area contributed by atoms with Crippen LogP contribution in [0.5, 0.6) is 0 Å². The molecule has 0 amide bonds. The maximum atomic E-state index is 12.0. The Morgan fingerprint density at radius 1 is 1.33 bits per heavy atom. The Morgan fingerprint density at radius 3 is 2.81 bits per heavy atom. The first kappa shape index (κ1) is 15.6. The second kappa shape index (κ2) is 7.30. The molecule has 1 aromatic carbocycles. The van der Waals surface area contributed by atoms with Crippen LogP contribution in [0.25, 0.3) is 11.0 Å². The molecule has 2 aromatic rings. The zero-order valence-electron chi connectivity index (χ0n) is 13.4. The molecule has 114 valence electrons. The Hall–Kier alpha value is -1.77. The minimum absolute atomic E-state index is 0.00344. The highest BCUT2D eigenvalue weighted by Gasteiger charge is 2.16. The number of fused-ring (bicyclic) bond motifs is 1. The highest BCUT2D eigenvalue weighted by molar-refractivity contribution is 5.79. The van der Waals surface area contributed by atoms with Crippen LogP contribution >= 0.6 is 0 Å². The third-order valence-corrected chi connectivity index (χ3v) is 4.23. The first-order valence-corrected chi connectivity index (χ1v) is 8.05. The number of nitrogens with zero attached hydrogens (tertiary/aromatic N) is 1. The normalized spacial score (nSPS) is 13.3. The summed E-state index contributed by atoms with van der Waals surface area (Å²) < 4.78 is 1.86. The average molecular weight is 286 g/mol. The lowest BCUT2D eigenvalue weighted by Crippen LogP contribution is -2.16. The van der Waals surface area contributed by atoms with E-state index in [1.54, 1.807) is 0 Å². The number of hydrogen-bond donors (Lipinski definition) is 1. The summed E-state index contributed by atoms with van der Waals surface area (Å²) in [5.41, 5.74) is 3.38. The van der Waals surface area contributed by atoms with Gasteiger partial charge in [-0.1, -0.05) is 31.2 Å². The summed E-state index contributed by atoms with van der Waals surface area (Å²) in [6.45, 7) is 7.04. The predicted molar refractivity (Wildman–Crippen MR) is 89.9 cm³/mol. The second-order valence-corrected chi connectivity index (χ2v) is 5.52. The van der Waals surface area contributed by atoms with Crippen LogP contribution in [0.3, 0.4) is 0 Å². The molecule has 0 bridgehead atoms. The molecule has 0 radical (unpaired) electrons. The van der Waals surface area contributed by atoms with E-state index < -0.39 is 0 Å². The van der Waals surface area contributed by atoms with E-state index in [2.05, 4.69) is 43.1 Å². The van der Waals surface area contributed by atoms with Crippen LogP contribution in [-0.2, 0) is 6.54 Å². The van der Waals surface area contributed by atoms with Gasteiger partial charge in [0, 0.05) is 6.54 Å². The Kier molecular flexibility index (Phi) is 5.43. The summed E-state index contributed by atoms with van der Waals surface area (Å²) in [4.78, 5) is 15.0. The molecule has 0 fully saturated rings. The van der Waals surface area contributed by atoms with Gasteiger partial charge < -0.3 is 4.98 Å². The van der Waals surface area contributed by atoms with Crippen molar-refractivity contribution >= 4 is 11.0 Å². The van der Waals surface area contributed by atoms with E-state index in [1.807, 2.05) is 17.6 Å². The van der Waals surface area contributed by atoms with Gasteiger partial charge in [-0.2, -0.15) is 0 Å². The molecule has 21 heavy (non-hydrogen) atoms. The number of allylic oxidation sites excluding steroid dienone is 2. The van der Waals surface area contributed by atoms with E-state index in [1.165, 1.54) is 18.4 Å². The summed E-state index contributed by atoms with van der Waals surface area (Å²) in [6.07, 6.45) is 8.95. The topological polar surface area (TPSA) is 37.8 Å². The first-order chi connectivity index (χ1) is 10.2. The molecule has 2 rings (SSSR count). The molecule has 0 aliphatic carbocycles. The van der Waals surface area contributed by atoms with Crippen molar-refractivity contribution in [2.45, 2.75) is 58.9 Å². The van der Waals surface area contributed by atoms with Crippen LogP contribution in [0, 0.1) is 0 Å². The zero-order chi connectivity index (χ0) is 15.2. The molecule has 1 aromatic heterocycles. The summed E-state index contributed by atoms with van der Waals surface area (Å²) in [6, 6.07) is 6.24. The van der Waals surface area contributed by atoms with Crippen molar-refractivity contribution in [1.29, 1.82) is 0 Å². The van der Waals surface area contributed by atoms with Crippen molar-refractivity contribution in [2.75, 3.05) is 0 Å². The number of benzene rings is 1. The number of imidazole rings is 1. The highest BCUT2D eigenvalue weighted by Crippen LogP contribution is 2.30. The van der Waals surface area contributed by atoms with Crippen molar-refractivity contribution < 1.29 is 0 Å². The monoisotopic (exact) mass is 286 g/mol. The maximum Gasteiger partial charge on any atom is 0.326 e. The number of unbranched alkanes of at least 4 members (excludes halogenated alkanes) is 1. The van der Waals surface area contributed by atoms with Crippen LogP contribution in [0.2, 0.25) is 0 Å². The molecule has 1 N–H and O–H groups in total. The summed E-state index contributed by atoms with van der Waals surface area (Å²) in [5.74, 6) is 0.520. The van der Waals surface area contributed by atoms with E-state index in [0.717, 1.165) is 23.9 Å². The van der Waals surface area contributed by atoms with Gasteiger partial charge in [-0.3, -0.25) is 4.57 Å². The van der Waals surface area contributed by atoms with Crippen molar-refractivity contribution in [3.8, 4) is 0 Å². The van der Waals surface area contributed by atoms with Crippen molar-refractivity contribution in [3.05, 3.63) is 46.4 Å². The minimum atomic E-state index is 0.00344. The summed E-state index contributed by atoms with van der Waals surface area (Å²) in [5, 5.41) is 0. The number of para-hydroxylation sites is 1. The van der Waals surface area contributed by atoms with Gasteiger partial charge in [0.05, 0.1) is 11.0 Å². The zero-order valence-corrected chi connectivity index (χ0v) is 13.4. The minimum Gasteiger partial charge on any atom is -0.306 e. The fraction of sp³-hybridized carbons (Fsp3) is 0.500. The quantitative estimate of drug-likeness (QED) is 0.586. The van der Waals surface area contributed by atoms with Crippen LogP contribution < -0.4 is 5.69 Å². The van der Waals surface area contributed by atoms with E-state index in [0.29, 0.717) is 12.5 Å². The summed E-state index contributed by atoms with van der Waals surface area (Å²) >= 11 is 0. The first-order valence-electron chi connectivity index (χ1n) is 8.05. The molecule has 0 saturated carbocycles. The second-order valence-electron chi connectivity index (χ2n) is 5.52. The molecule has 0 aliphatic heterocycles. The number of hydrogen-bond acceptors (Lipinski definition) is 1. The highest BCUT2D eigenvalue weighted by atomic mass is 16.1. The number of aryl methyl sites for hydroxylation is 1. The Bertz CT molecular complexity index is 663. The van der Waals surface area contributed by atoms with Crippen molar-refractivity contribution in [1.82, 2.24) is 9.55 Å². The lowest BCUT2D eigenvalue weighted by molar-refractivity contribution is 0.580. The molecule has 3 nitrogen and oxygen atoms in total. The predicted octanol–water partition coefficient (Wildman–Crippen LogP) is 4.59. The molecule has 0 saturated heterocycles. The smallest absolute Gasteiger partial charge is 0.306 e. The number of nitrogens with one attached hydrogen (secondary N) is 1. The molecular weight excluding hydrogens is 260 g/mol. The van der Waals surface area contributed by atoms with Gasteiger partial charge in [0.15, 0.2) is 0 Å². The van der Waals surface area contributed by atoms with Crippen LogP contribution in [0.1, 0.15) is 57.9 Å². The largest absolute Gasteiger partial charge is 0.326 e. The average Bonchev–Trinajstić information content (AvgIpc) is 2.82. The lowest BCUT2D eigenvalue weighted by atomic mass is 9.90. The van der Waals surface area contributed by atoms with E-state index in [-0.39, 0.29) is 5.69 Å². The molecule has 0 aliphatic rings. The van der Waals surface area contributed by atoms with Crippen LogP contribution in [-0.4, -0.2) is 9.55 Å². The van der Waals surface area contributed by atoms with E-state index >= 15 is 0 Å². The molecule has 3 heteroatoms. The van der Waals surface area contributed by atoms with Gasteiger partial charge in [-0.05, 0) is 57.1 Å². The molecule has 0 spiro atoms. The van der Waals surface area contributed by atoms with E-state index in [4.69, 9.17) is 0 Å². The standard InChI is InChI=1S/C18H26N2O/c1-4-7-8-9-11-14(5-2)15-12-10-13-16-17(15)20(6-3)18(21)19-16/h4,7,10,12-14H,5-6,8-9,11H2,1-3H3,(H,19,21). The van der Waals surface area contributed by atoms with Gasteiger partial charge >= 0.3 is 5.69 Å². The number of aromatic amines is 1. The Morgan fingerprint density at radius 2 is 2.14 bits per heavy atom. The molecule has 1 atom stereocenters. The van der Waals surface area contributed by atoms with E-state index in [9.17, 15) is 4.79 Å². The number of H-pyrrole nitrogens is 1. The fourth-order valence-corrected chi connectivity index (χ4v) is 3.11. The molecule has 1 unspecified atom stereocenters. The van der Waals surface area contributed by atoms with Crippen LogP contribution in [0.15, 0.2) is 35.1 Å². The van der Waals surface area contributed by atoms with Crippen molar-refractivity contribution in [2.24, 2.45) is 0 Å². The fourth-order valence-electron chi connectivity index (χ4n) is 3.11. The van der Waals surface area contributed by atoms with Gasteiger partial charge in [0.1, 0.15) is 0 Å². The molecular formula is C18H26N2O. The maximum absolute atomic E-state index is 12.0. The van der Waals surface area contributed by atoms with Crippen LogP contribution in [0.4, 0.5) is 0 Å². The Balaban J connectivity index is 2.36. The van der Waals surface area contributed by atoms with Gasteiger partial charge in [0.2, 0.25) is 0 Å². The number of rotatable bonds is 7.